The van der Waals surface area contributed by atoms with Crippen molar-refractivity contribution in [1.29, 1.82) is 0 Å². The van der Waals surface area contributed by atoms with Gasteiger partial charge < -0.3 is 4.90 Å². The normalized spacial score (nSPS) is 24.1. The number of hydrogen-bond acceptors (Lipinski definition) is 1. The molecule has 1 aromatic rings. The molecule has 0 saturated carbocycles. The number of rotatable bonds is 2. The molecule has 2 atom stereocenters. The van der Waals surface area contributed by atoms with Crippen molar-refractivity contribution in [2.45, 2.75) is 32.1 Å². The summed E-state index contributed by atoms with van der Waals surface area (Å²) in [5.74, 6) is 0.529. The number of halogens is 1. The highest BCUT2D eigenvalue weighted by molar-refractivity contribution is 6.20. The van der Waals surface area contributed by atoms with Crippen LogP contribution in [-0.4, -0.2) is 29.3 Å². The van der Waals surface area contributed by atoms with Crippen LogP contribution >= 0.6 is 11.6 Å². The van der Waals surface area contributed by atoms with Gasteiger partial charge >= 0.3 is 0 Å². The van der Waals surface area contributed by atoms with Gasteiger partial charge in [-0.25, -0.2) is 0 Å². The van der Waals surface area contributed by atoms with E-state index in [1.54, 1.807) is 0 Å². The van der Waals surface area contributed by atoms with E-state index < -0.39 is 0 Å². The maximum Gasteiger partial charge on any atom is 0.254 e. The number of hydrogen-bond donors (Lipinski definition) is 0. The average molecular weight is 266 g/mol. The molecule has 1 amide bonds. The zero-order valence-corrected chi connectivity index (χ0v) is 11.8. The van der Waals surface area contributed by atoms with Crippen LogP contribution < -0.4 is 0 Å². The number of alkyl halides is 1. The van der Waals surface area contributed by atoms with E-state index in [4.69, 9.17) is 11.6 Å². The molecule has 0 spiro atoms. The van der Waals surface area contributed by atoms with Crippen LogP contribution in [0.3, 0.4) is 0 Å². The van der Waals surface area contributed by atoms with Crippen LogP contribution in [0.1, 0.15) is 36.2 Å². The molecule has 1 aromatic carbocycles. The number of piperidine rings is 1. The summed E-state index contributed by atoms with van der Waals surface area (Å²) in [6.07, 6.45) is 1.78. The minimum Gasteiger partial charge on any atom is -0.338 e. The minimum atomic E-state index is 0.155. The predicted molar refractivity (Wildman–Crippen MR) is 75.1 cm³/mol. The molecule has 1 aliphatic heterocycles. The first-order valence-electron chi connectivity index (χ1n) is 6.64. The molecule has 0 aromatic heterocycles. The molecule has 1 fully saturated rings. The third kappa shape index (κ3) is 2.69. The van der Waals surface area contributed by atoms with Crippen LogP contribution in [0.15, 0.2) is 24.3 Å². The first kappa shape index (κ1) is 13.4. The lowest BCUT2D eigenvalue weighted by Crippen LogP contribution is -2.43. The fourth-order valence-corrected chi connectivity index (χ4v) is 2.69. The lowest BCUT2D eigenvalue weighted by molar-refractivity contribution is 0.0686. The summed E-state index contributed by atoms with van der Waals surface area (Å²) in [5, 5.41) is 0.204. The minimum absolute atomic E-state index is 0.155. The van der Waals surface area contributed by atoms with Gasteiger partial charge in [-0.2, -0.15) is 0 Å². The number of nitrogens with zero attached hydrogens (tertiary/aromatic N) is 1. The summed E-state index contributed by atoms with van der Waals surface area (Å²) in [6.45, 7) is 5.74. The van der Waals surface area contributed by atoms with E-state index in [0.717, 1.165) is 37.1 Å². The molecule has 1 saturated heterocycles. The predicted octanol–water partition coefficient (Wildman–Crippen LogP) is 3.34. The van der Waals surface area contributed by atoms with Gasteiger partial charge in [-0.15, -0.1) is 11.6 Å². The molecule has 1 heterocycles. The van der Waals surface area contributed by atoms with Crippen molar-refractivity contribution in [3.63, 3.8) is 0 Å². The Bertz CT molecular complexity index is 432. The van der Waals surface area contributed by atoms with Crippen LogP contribution in [-0.2, 0) is 6.42 Å². The third-order valence-corrected chi connectivity index (χ3v) is 4.36. The summed E-state index contributed by atoms with van der Waals surface area (Å²) in [4.78, 5) is 14.5. The topological polar surface area (TPSA) is 20.3 Å². The first-order valence-corrected chi connectivity index (χ1v) is 7.08. The van der Waals surface area contributed by atoms with E-state index in [1.165, 1.54) is 0 Å². The summed E-state index contributed by atoms with van der Waals surface area (Å²) in [5.41, 5.74) is 1.98. The highest BCUT2D eigenvalue weighted by Gasteiger charge is 2.28. The number of carbonyl (C=O) groups excluding carboxylic acids is 1. The number of amides is 1. The van der Waals surface area contributed by atoms with Gasteiger partial charge in [-0.3, -0.25) is 4.79 Å². The van der Waals surface area contributed by atoms with Crippen molar-refractivity contribution >= 4 is 17.5 Å². The standard InChI is InChI=1S/C15H20ClNO/c1-3-12-6-4-5-7-13(12)15(18)17-9-8-14(16)11(2)10-17/h4-7,11,14H,3,8-10H2,1-2H3. The van der Waals surface area contributed by atoms with Gasteiger partial charge in [0.1, 0.15) is 0 Å². The van der Waals surface area contributed by atoms with Crippen LogP contribution in [0, 0.1) is 5.92 Å². The zero-order valence-electron chi connectivity index (χ0n) is 11.0. The van der Waals surface area contributed by atoms with Gasteiger partial charge in [0.05, 0.1) is 0 Å². The second-order valence-corrected chi connectivity index (χ2v) is 5.60. The number of likely N-dealkylation sites (tertiary alicyclic amines) is 1. The maximum absolute atomic E-state index is 12.5. The lowest BCUT2D eigenvalue weighted by atomic mass is 9.97. The smallest absolute Gasteiger partial charge is 0.254 e. The Balaban J connectivity index is 2.16. The number of aryl methyl sites for hydroxylation is 1. The SMILES string of the molecule is CCc1ccccc1C(=O)N1CCC(Cl)C(C)C1. The molecular formula is C15H20ClNO. The van der Waals surface area contributed by atoms with Gasteiger partial charge in [0, 0.05) is 24.0 Å². The van der Waals surface area contributed by atoms with Crippen molar-refractivity contribution in [2.75, 3.05) is 13.1 Å². The second-order valence-electron chi connectivity index (χ2n) is 5.04. The van der Waals surface area contributed by atoms with Gasteiger partial charge in [0.15, 0.2) is 0 Å². The maximum atomic E-state index is 12.5. The summed E-state index contributed by atoms with van der Waals surface area (Å²) < 4.78 is 0. The molecule has 2 unspecified atom stereocenters. The second kappa shape index (κ2) is 5.75. The molecule has 0 radical (unpaired) electrons. The quantitative estimate of drug-likeness (QED) is 0.751. The third-order valence-electron chi connectivity index (χ3n) is 3.72. The van der Waals surface area contributed by atoms with E-state index >= 15 is 0 Å². The van der Waals surface area contributed by atoms with Crippen molar-refractivity contribution in [2.24, 2.45) is 5.92 Å². The highest BCUT2D eigenvalue weighted by atomic mass is 35.5. The van der Waals surface area contributed by atoms with Crippen molar-refractivity contribution < 1.29 is 4.79 Å². The zero-order chi connectivity index (χ0) is 13.1. The van der Waals surface area contributed by atoms with E-state index in [2.05, 4.69) is 13.8 Å². The number of carbonyl (C=O) groups is 1. The number of benzene rings is 1. The Labute approximate surface area is 114 Å². The monoisotopic (exact) mass is 265 g/mol. The molecular weight excluding hydrogens is 246 g/mol. The molecule has 2 nitrogen and oxygen atoms in total. The Morgan fingerprint density at radius 2 is 2.17 bits per heavy atom. The highest BCUT2D eigenvalue weighted by Crippen LogP contribution is 2.23. The van der Waals surface area contributed by atoms with Gasteiger partial charge in [0.2, 0.25) is 0 Å². The van der Waals surface area contributed by atoms with E-state index in [9.17, 15) is 4.79 Å². The average Bonchev–Trinajstić information content (AvgIpc) is 2.41. The van der Waals surface area contributed by atoms with E-state index in [0.29, 0.717) is 5.92 Å². The molecule has 0 aliphatic carbocycles. The molecule has 0 N–H and O–H groups in total. The summed E-state index contributed by atoms with van der Waals surface area (Å²) in [7, 11) is 0. The van der Waals surface area contributed by atoms with Gasteiger partial charge in [-0.1, -0.05) is 32.0 Å². The molecule has 2 rings (SSSR count). The van der Waals surface area contributed by atoms with E-state index in [1.807, 2.05) is 29.2 Å². The summed E-state index contributed by atoms with van der Waals surface area (Å²) in [6, 6.07) is 7.89. The van der Waals surface area contributed by atoms with Gasteiger partial charge in [0.25, 0.3) is 5.91 Å². The molecule has 18 heavy (non-hydrogen) atoms. The van der Waals surface area contributed by atoms with Gasteiger partial charge in [-0.05, 0) is 30.4 Å². The molecule has 98 valence electrons. The largest absolute Gasteiger partial charge is 0.338 e. The van der Waals surface area contributed by atoms with Crippen molar-refractivity contribution in [3.05, 3.63) is 35.4 Å². The first-order chi connectivity index (χ1) is 8.63. The Kier molecular flexibility index (Phi) is 4.28. The molecule has 1 aliphatic rings. The Morgan fingerprint density at radius 3 is 2.83 bits per heavy atom. The fourth-order valence-electron chi connectivity index (χ4n) is 2.51. The van der Waals surface area contributed by atoms with Crippen LogP contribution in [0.2, 0.25) is 0 Å². The molecule has 3 heteroatoms. The van der Waals surface area contributed by atoms with Crippen LogP contribution in [0.4, 0.5) is 0 Å². The Morgan fingerprint density at radius 1 is 1.44 bits per heavy atom. The summed E-state index contributed by atoms with van der Waals surface area (Å²) >= 11 is 6.20. The van der Waals surface area contributed by atoms with E-state index in [-0.39, 0.29) is 11.3 Å². The fraction of sp³-hybridized carbons (Fsp3) is 0.533. The van der Waals surface area contributed by atoms with Crippen LogP contribution in [0.25, 0.3) is 0 Å². The Hall–Kier alpha value is -1.02. The molecule has 0 bridgehead atoms. The van der Waals surface area contributed by atoms with Crippen LogP contribution in [0.5, 0.6) is 0 Å². The van der Waals surface area contributed by atoms with Crippen molar-refractivity contribution in [3.8, 4) is 0 Å². The van der Waals surface area contributed by atoms with Crippen molar-refractivity contribution in [1.82, 2.24) is 4.90 Å². The lowest BCUT2D eigenvalue weighted by Gasteiger charge is -2.34.